The summed E-state index contributed by atoms with van der Waals surface area (Å²) in [4.78, 5) is 48.9. The summed E-state index contributed by atoms with van der Waals surface area (Å²) in [7, 11) is 0. The van der Waals surface area contributed by atoms with E-state index in [1.54, 1.807) is 4.57 Å². The number of benzene rings is 2. The number of para-hydroxylation sites is 2. The van der Waals surface area contributed by atoms with Crippen molar-refractivity contribution >= 4 is 57.2 Å². The van der Waals surface area contributed by atoms with Gasteiger partial charge >= 0.3 is 0 Å². The molecule has 1 saturated heterocycles. The number of nitrogens with zero attached hydrogens (tertiary/aromatic N) is 4. The van der Waals surface area contributed by atoms with Crippen molar-refractivity contribution in [1.29, 1.82) is 0 Å². The first-order valence-electron chi connectivity index (χ1n) is 14.3. The summed E-state index contributed by atoms with van der Waals surface area (Å²) in [5.74, 6) is -0.178. The Hall–Kier alpha value is -4.54. The predicted molar refractivity (Wildman–Crippen MR) is 171 cm³/mol. The molecule has 0 bridgehead atoms. The summed E-state index contributed by atoms with van der Waals surface area (Å²) in [6, 6.07) is 20.5. The molecule has 2 aliphatic rings. The fraction of sp³-hybridized carbons (Fsp3) is 0.212. The second-order valence-corrected chi connectivity index (χ2v) is 12.7. The van der Waals surface area contributed by atoms with Crippen molar-refractivity contribution in [3.63, 3.8) is 0 Å². The van der Waals surface area contributed by atoms with Gasteiger partial charge in [-0.15, -0.1) is 11.3 Å². The summed E-state index contributed by atoms with van der Waals surface area (Å²) in [6.07, 6.45) is 5.94. The van der Waals surface area contributed by atoms with E-state index in [0.29, 0.717) is 26.3 Å². The van der Waals surface area contributed by atoms with Crippen molar-refractivity contribution in [2.75, 3.05) is 18.4 Å². The number of rotatable bonds is 6. The number of carbonyl (C=O) groups excluding carboxylic acids is 2. The highest BCUT2D eigenvalue weighted by atomic mass is 32.1. The van der Waals surface area contributed by atoms with Gasteiger partial charge in [-0.1, -0.05) is 53.8 Å². The Morgan fingerprint density at radius 3 is 2.56 bits per heavy atom. The molecule has 1 fully saturated rings. The maximum Gasteiger partial charge on any atom is 0.271 e. The van der Waals surface area contributed by atoms with Crippen LogP contribution >= 0.6 is 22.7 Å². The zero-order valence-corrected chi connectivity index (χ0v) is 25.2. The Morgan fingerprint density at radius 1 is 1.02 bits per heavy atom. The Bertz CT molecular complexity index is 2060. The molecule has 1 atom stereocenters. The van der Waals surface area contributed by atoms with E-state index in [1.807, 2.05) is 101 Å². The number of fused-ring (bicyclic) bond motifs is 2. The van der Waals surface area contributed by atoms with Gasteiger partial charge < -0.3 is 14.8 Å². The number of thiazole rings is 1. The van der Waals surface area contributed by atoms with Gasteiger partial charge in [0.25, 0.3) is 11.5 Å². The first kappa shape index (κ1) is 27.3. The molecule has 0 radical (unpaired) electrons. The van der Waals surface area contributed by atoms with E-state index in [2.05, 4.69) is 5.32 Å². The third-order valence-electron chi connectivity index (χ3n) is 7.98. The molecular formula is C33H29N5O3S2. The highest BCUT2D eigenvalue weighted by Gasteiger charge is 2.33. The minimum Gasteiger partial charge on any atom is -0.341 e. The second-order valence-electron chi connectivity index (χ2n) is 10.7. The van der Waals surface area contributed by atoms with Gasteiger partial charge in [0.1, 0.15) is 12.6 Å². The van der Waals surface area contributed by atoms with Gasteiger partial charge in [0.05, 0.1) is 15.8 Å². The molecule has 43 heavy (non-hydrogen) atoms. The lowest BCUT2D eigenvalue weighted by Crippen LogP contribution is -2.40. The van der Waals surface area contributed by atoms with E-state index in [4.69, 9.17) is 4.99 Å². The van der Waals surface area contributed by atoms with Crippen molar-refractivity contribution in [1.82, 2.24) is 14.0 Å². The smallest absolute Gasteiger partial charge is 0.271 e. The number of likely N-dealkylation sites (tertiary alicyclic amines) is 1. The fourth-order valence-corrected chi connectivity index (χ4v) is 7.78. The molecule has 0 spiro atoms. The quantitative estimate of drug-likeness (QED) is 0.308. The minimum absolute atomic E-state index is 0.108. The number of allylic oxidation sites excluding steroid dienone is 1. The maximum absolute atomic E-state index is 14.1. The second kappa shape index (κ2) is 11.3. The van der Waals surface area contributed by atoms with Crippen LogP contribution in [0.25, 0.3) is 17.0 Å². The average Bonchev–Trinajstić information content (AvgIpc) is 3.82. The summed E-state index contributed by atoms with van der Waals surface area (Å²) in [5, 5.41) is 5.90. The van der Waals surface area contributed by atoms with E-state index in [0.717, 1.165) is 47.3 Å². The molecule has 5 heterocycles. The van der Waals surface area contributed by atoms with E-state index < -0.39 is 6.04 Å². The molecule has 2 aliphatic heterocycles. The normalized spacial score (nSPS) is 16.9. The van der Waals surface area contributed by atoms with Crippen LogP contribution < -0.4 is 20.2 Å². The Kier molecular flexibility index (Phi) is 7.16. The molecule has 8 nitrogen and oxygen atoms in total. The summed E-state index contributed by atoms with van der Waals surface area (Å²) >= 11 is 2.82. The molecule has 5 aromatic rings. The third-order valence-corrected chi connectivity index (χ3v) is 9.89. The van der Waals surface area contributed by atoms with Crippen LogP contribution in [0.15, 0.2) is 99.4 Å². The van der Waals surface area contributed by atoms with Gasteiger partial charge in [-0.2, -0.15) is 0 Å². The van der Waals surface area contributed by atoms with E-state index in [1.165, 1.54) is 22.7 Å². The van der Waals surface area contributed by atoms with Crippen LogP contribution in [0.4, 0.5) is 5.69 Å². The van der Waals surface area contributed by atoms with Crippen LogP contribution in [0.3, 0.4) is 0 Å². The first-order valence-corrected chi connectivity index (χ1v) is 16.0. The lowest BCUT2D eigenvalue weighted by atomic mass is 10.0. The Balaban J connectivity index is 1.31. The van der Waals surface area contributed by atoms with Gasteiger partial charge in [-0.3, -0.25) is 19.0 Å². The van der Waals surface area contributed by atoms with E-state index >= 15 is 0 Å². The van der Waals surface area contributed by atoms with Crippen molar-refractivity contribution in [2.45, 2.75) is 32.4 Å². The number of thiophene rings is 1. The number of hydrogen-bond donors (Lipinski definition) is 1. The molecule has 0 saturated carbocycles. The lowest BCUT2D eigenvalue weighted by molar-refractivity contribution is -0.130. The molecule has 0 aliphatic carbocycles. The van der Waals surface area contributed by atoms with Crippen molar-refractivity contribution in [3.8, 4) is 0 Å². The van der Waals surface area contributed by atoms with Gasteiger partial charge in [0, 0.05) is 46.3 Å². The summed E-state index contributed by atoms with van der Waals surface area (Å²) < 4.78 is 4.14. The zero-order chi connectivity index (χ0) is 29.5. The van der Waals surface area contributed by atoms with Gasteiger partial charge in [-0.05, 0) is 55.5 Å². The van der Waals surface area contributed by atoms with Crippen LogP contribution in [0.5, 0.6) is 0 Å². The monoisotopic (exact) mass is 607 g/mol. The Morgan fingerprint density at radius 2 is 1.79 bits per heavy atom. The van der Waals surface area contributed by atoms with Gasteiger partial charge in [0.15, 0.2) is 4.80 Å². The van der Waals surface area contributed by atoms with Crippen LogP contribution in [0.2, 0.25) is 0 Å². The molecule has 10 heteroatoms. The number of aromatic nitrogens is 2. The van der Waals surface area contributed by atoms with Crippen LogP contribution in [0, 0.1) is 0 Å². The molecule has 2 amide bonds. The molecule has 0 unspecified atom stereocenters. The Labute approximate surface area is 255 Å². The summed E-state index contributed by atoms with van der Waals surface area (Å²) in [5.41, 5.74) is 3.31. The van der Waals surface area contributed by atoms with Crippen LogP contribution in [0.1, 0.15) is 36.2 Å². The van der Waals surface area contributed by atoms with Crippen LogP contribution in [-0.2, 0) is 16.1 Å². The molecule has 7 rings (SSSR count). The SMILES string of the molecule is CC1=C(C(=O)Nc2ccccc2)[C@H](c2cccs2)n2c(s/c(=C/c3cn(CC(=O)N4CCCC4)c4ccccc34)c2=O)=N1. The number of amides is 2. The molecule has 2 aromatic carbocycles. The maximum atomic E-state index is 14.1. The number of carbonyl (C=O) groups is 2. The highest BCUT2D eigenvalue weighted by molar-refractivity contribution is 7.10. The highest BCUT2D eigenvalue weighted by Crippen LogP contribution is 2.33. The van der Waals surface area contributed by atoms with E-state index in [9.17, 15) is 14.4 Å². The van der Waals surface area contributed by atoms with E-state index in [-0.39, 0.29) is 23.9 Å². The topological polar surface area (TPSA) is 88.7 Å². The largest absolute Gasteiger partial charge is 0.341 e. The molecule has 1 N–H and O–H groups in total. The number of nitrogens with one attached hydrogen (secondary N) is 1. The van der Waals surface area contributed by atoms with Crippen molar-refractivity contribution in [2.24, 2.45) is 4.99 Å². The standard InChI is InChI=1S/C33H29N5O3S2/c1-21-29(31(40)35-23-10-3-2-4-11-23)30(26-14-9-17-42-26)38-32(41)27(43-33(38)34-21)18-22-19-37(25-13-6-5-12-24(22)25)20-28(39)36-15-7-8-16-36/h2-6,9-14,17-19,30H,7-8,15-16,20H2,1H3,(H,35,40)/b27-18+/t30-/m0/s1. The molecule has 3 aromatic heterocycles. The van der Waals surface area contributed by atoms with Crippen molar-refractivity contribution < 1.29 is 9.59 Å². The summed E-state index contributed by atoms with van der Waals surface area (Å²) in [6.45, 7) is 3.69. The van der Waals surface area contributed by atoms with Gasteiger partial charge in [-0.25, -0.2) is 4.99 Å². The van der Waals surface area contributed by atoms with Gasteiger partial charge in [0.2, 0.25) is 5.91 Å². The predicted octanol–water partition coefficient (Wildman–Crippen LogP) is 4.51. The number of anilines is 1. The third kappa shape index (κ3) is 5.06. The van der Waals surface area contributed by atoms with Crippen molar-refractivity contribution in [3.05, 3.63) is 120 Å². The molecular weight excluding hydrogens is 579 g/mol. The van der Waals surface area contributed by atoms with Crippen LogP contribution in [-0.4, -0.2) is 38.9 Å². The average molecular weight is 608 g/mol. The minimum atomic E-state index is -0.596. The molecule has 216 valence electrons. The fourth-order valence-electron chi connectivity index (χ4n) is 5.92. The zero-order valence-electron chi connectivity index (χ0n) is 23.5. The first-order chi connectivity index (χ1) is 21.0. The number of hydrogen-bond acceptors (Lipinski definition) is 6. The lowest BCUT2D eigenvalue weighted by Gasteiger charge is -2.24.